The zero-order valence-corrected chi connectivity index (χ0v) is 14.7. The van der Waals surface area contributed by atoms with Crippen LogP contribution in [0.15, 0.2) is 42.6 Å². The Labute approximate surface area is 153 Å². The molecule has 2 amide bonds. The summed E-state index contributed by atoms with van der Waals surface area (Å²) < 4.78 is 0. The fraction of sp³-hybridized carbons (Fsp3) is 0.450. The zero-order valence-electron chi connectivity index (χ0n) is 14.7. The lowest BCUT2D eigenvalue weighted by Gasteiger charge is -2.33. The number of amides is 2. The van der Waals surface area contributed by atoms with E-state index in [9.17, 15) is 9.59 Å². The van der Waals surface area contributed by atoms with Gasteiger partial charge in [0.05, 0.1) is 12.2 Å². The number of hydrogen-bond acceptors (Lipinski definition) is 3. The summed E-state index contributed by atoms with van der Waals surface area (Å²) in [5.74, 6) is 0.333. The van der Waals surface area contributed by atoms with Gasteiger partial charge in [-0.25, -0.2) is 0 Å². The van der Waals surface area contributed by atoms with E-state index in [2.05, 4.69) is 15.5 Å². The van der Waals surface area contributed by atoms with E-state index in [1.807, 2.05) is 41.3 Å². The summed E-state index contributed by atoms with van der Waals surface area (Å²) in [6.07, 6.45) is 6.84. The predicted octanol–water partition coefficient (Wildman–Crippen LogP) is 2.50. The molecule has 2 fully saturated rings. The van der Waals surface area contributed by atoms with Gasteiger partial charge in [-0.3, -0.25) is 14.7 Å². The first kappa shape index (κ1) is 16.8. The second-order valence-electron chi connectivity index (χ2n) is 7.24. The minimum absolute atomic E-state index is 0.0262. The van der Waals surface area contributed by atoms with Crippen molar-refractivity contribution in [3.63, 3.8) is 0 Å². The van der Waals surface area contributed by atoms with Gasteiger partial charge in [-0.1, -0.05) is 31.0 Å². The number of rotatable bonds is 4. The number of aromatic amines is 1. The van der Waals surface area contributed by atoms with Crippen molar-refractivity contribution in [2.24, 2.45) is 5.92 Å². The Balaban J connectivity index is 1.54. The highest BCUT2D eigenvalue weighted by Crippen LogP contribution is 2.40. The van der Waals surface area contributed by atoms with E-state index in [-0.39, 0.29) is 17.9 Å². The fourth-order valence-corrected chi connectivity index (χ4v) is 4.40. The molecule has 3 atom stereocenters. The third-order valence-electron chi connectivity index (χ3n) is 5.66. The molecule has 0 bridgehead atoms. The van der Waals surface area contributed by atoms with Crippen molar-refractivity contribution in [3.8, 4) is 0 Å². The number of nitrogens with zero attached hydrogens (tertiary/aromatic N) is 2. The van der Waals surface area contributed by atoms with Crippen molar-refractivity contribution in [2.45, 2.75) is 50.7 Å². The van der Waals surface area contributed by atoms with Gasteiger partial charge >= 0.3 is 0 Å². The third kappa shape index (κ3) is 3.23. The van der Waals surface area contributed by atoms with Gasteiger partial charge in [0.15, 0.2) is 0 Å². The SMILES string of the molecule is O=C(NCc1ccn[nH]1)C1CC2CCCCC2N1C(=O)c1ccccc1. The molecule has 4 rings (SSSR count). The minimum Gasteiger partial charge on any atom is -0.349 e. The molecule has 2 aliphatic rings. The van der Waals surface area contributed by atoms with Gasteiger partial charge < -0.3 is 10.2 Å². The molecule has 136 valence electrons. The number of carbonyl (C=O) groups excluding carboxylic acids is 2. The molecule has 1 saturated carbocycles. The lowest BCUT2D eigenvalue weighted by molar-refractivity contribution is -0.125. The van der Waals surface area contributed by atoms with E-state index in [0.29, 0.717) is 18.0 Å². The van der Waals surface area contributed by atoms with Crippen molar-refractivity contribution in [1.29, 1.82) is 0 Å². The number of hydrogen-bond donors (Lipinski definition) is 2. The maximum Gasteiger partial charge on any atom is 0.254 e. The molecule has 1 aliphatic heterocycles. The summed E-state index contributed by atoms with van der Waals surface area (Å²) in [5.41, 5.74) is 1.51. The average molecular weight is 352 g/mol. The van der Waals surface area contributed by atoms with Crippen LogP contribution in [0.25, 0.3) is 0 Å². The Bertz CT molecular complexity index is 759. The van der Waals surface area contributed by atoms with E-state index in [1.165, 1.54) is 6.42 Å². The highest BCUT2D eigenvalue weighted by Gasteiger charge is 2.47. The summed E-state index contributed by atoms with van der Waals surface area (Å²) in [6.45, 7) is 0.401. The van der Waals surface area contributed by atoms with Gasteiger partial charge in [0, 0.05) is 17.8 Å². The second-order valence-corrected chi connectivity index (χ2v) is 7.24. The fourth-order valence-electron chi connectivity index (χ4n) is 4.40. The van der Waals surface area contributed by atoms with Crippen LogP contribution in [0.4, 0.5) is 0 Å². The molecular formula is C20H24N4O2. The van der Waals surface area contributed by atoms with Crippen LogP contribution in [0.5, 0.6) is 0 Å². The normalized spacial score (nSPS) is 24.9. The Kier molecular flexibility index (Phi) is 4.73. The maximum absolute atomic E-state index is 13.2. The minimum atomic E-state index is -0.390. The topological polar surface area (TPSA) is 78.1 Å². The first-order chi connectivity index (χ1) is 12.7. The van der Waals surface area contributed by atoms with Crippen molar-refractivity contribution < 1.29 is 9.59 Å². The van der Waals surface area contributed by atoms with Crippen LogP contribution >= 0.6 is 0 Å². The van der Waals surface area contributed by atoms with Crippen LogP contribution in [-0.4, -0.2) is 39.0 Å². The van der Waals surface area contributed by atoms with Crippen molar-refractivity contribution in [3.05, 3.63) is 53.9 Å². The summed E-state index contributed by atoms with van der Waals surface area (Å²) in [7, 11) is 0. The third-order valence-corrected chi connectivity index (χ3v) is 5.66. The molecule has 0 spiro atoms. The molecule has 6 nitrogen and oxygen atoms in total. The summed E-state index contributed by atoms with van der Waals surface area (Å²) in [4.78, 5) is 27.9. The second kappa shape index (κ2) is 7.32. The number of H-pyrrole nitrogens is 1. The molecular weight excluding hydrogens is 328 g/mol. The molecule has 26 heavy (non-hydrogen) atoms. The Morgan fingerprint density at radius 1 is 1.15 bits per heavy atom. The van der Waals surface area contributed by atoms with Crippen LogP contribution in [-0.2, 0) is 11.3 Å². The van der Waals surface area contributed by atoms with E-state index in [0.717, 1.165) is 31.4 Å². The van der Waals surface area contributed by atoms with E-state index in [4.69, 9.17) is 0 Å². The van der Waals surface area contributed by atoms with Gasteiger partial charge in [-0.2, -0.15) is 5.10 Å². The standard InChI is InChI=1S/C20H24N4O2/c25-19(21-13-16-10-11-22-23-16)18-12-15-8-4-5-9-17(15)24(18)20(26)14-6-2-1-3-7-14/h1-3,6-7,10-11,15,17-18H,4-5,8-9,12-13H2,(H,21,25)(H,22,23). The molecule has 3 unspecified atom stereocenters. The first-order valence-corrected chi connectivity index (χ1v) is 9.37. The summed E-state index contributed by atoms with van der Waals surface area (Å²) in [5, 5.41) is 9.72. The molecule has 6 heteroatoms. The zero-order chi connectivity index (χ0) is 17.9. The Morgan fingerprint density at radius 3 is 2.73 bits per heavy atom. The van der Waals surface area contributed by atoms with E-state index in [1.54, 1.807) is 6.20 Å². The smallest absolute Gasteiger partial charge is 0.254 e. The average Bonchev–Trinajstić information content (AvgIpc) is 3.34. The van der Waals surface area contributed by atoms with Crippen molar-refractivity contribution >= 4 is 11.8 Å². The van der Waals surface area contributed by atoms with Gasteiger partial charge in [0.25, 0.3) is 5.91 Å². The molecule has 0 radical (unpaired) electrons. The number of carbonyl (C=O) groups is 2. The van der Waals surface area contributed by atoms with E-state index >= 15 is 0 Å². The Hall–Kier alpha value is -2.63. The van der Waals surface area contributed by atoms with Crippen LogP contribution in [0.3, 0.4) is 0 Å². The maximum atomic E-state index is 13.2. The van der Waals surface area contributed by atoms with Crippen LogP contribution in [0.1, 0.15) is 48.2 Å². The van der Waals surface area contributed by atoms with Crippen LogP contribution < -0.4 is 5.32 Å². The van der Waals surface area contributed by atoms with Gasteiger partial charge in [-0.05, 0) is 43.4 Å². The summed E-state index contributed by atoms with van der Waals surface area (Å²) in [6, 6.07) is 10.9. The Morgan fingerprint density at radius 2 is 1.96 bits per heavy atom. The van der Waals surface area contributed by atoms with Crippen molar-refractivity contribution in [2.75, 3.05) is 0 Å². The molecule has 2 N–H and O–H groups in total. The van der Waals surface area contributed by atoms with Crippen LogP contribution in [0, 0.1) is 5.92 Å². The number of benzene rings is 1. The van der Waals surface area contributed by atoms with Gasteiger partial charge in [0.1, 0.15) is 6.04 Å². The predicted molar refractivity (Wildman–Crippen MR) is 97.2 cm³/mol. The van der Waals surface area contributed by atoms with Crippen LogP contribution in [0.2, 0.25) is 0 Å². The highest BCUT2D eigenvalue weighted by molar-refractivity contribution is 5.98. The quantitative estimate of drug-likeness (QED) is 0.887. The first-order valence-electron chi connectivity index (χ1n) is 9.37. The number of likely N-dealkylation sites (tertiary alicyclic amines) is 1. The molecule has 1 saturated heterocycles. The highest BCUT2D eigenvalue weighted by atomic mass is 16.2. The molecule has 2 aromatic rings. The largest absolute Gasteiger partial charge is 0.349 e. The molecule has 2 heterocycles. The molecule has 1 aromatic heterocycles. The van der Waals surface area contributed by atoms with Gasteiger partial charge in [-0.15, -0.1) is 0 Å². The number of aromatic nitrogens is 2. The molecule has 1 aromatic carbocycles. The number of fused-ring (bicyclic) bond motifs is 1. The van der Waals surface area contributed by atoms with Gasteiger partial charge in [0.2, 0.25) is 5.91 Å². The van der Waals surface area contributed by atoms with E-state index < -0.39 is 6.04 Å². The summed E-state index contributed by atoms with van der Waals surface area (Å²) >= 11 is 0. The molecule has 1 aliphatic carbocycles. The monoisotopic (exact) mass is 352 g/mol. The number of nitrogens with one attached hydrogen (secondary N) is 2. The lowest BCUT2D eigenvalue weighted by atomic mass is 9.84. The lowest BCUT2D eigenvalue weighted by Crippen LogP contribution is -2.49. The van der Waals surface area contributed by atoms with Crippen molar-refractivity contribution in [1.82, 2.24) is 20.4 Å².